The minimum absolute atomic E-state index is 0. The van der Waals surface area contributed by atoms with E-state index in [2.05, 4.69) is 9.97 Å². The van der Waals surface area contributed by atoms with Crippen LogP contribution in [0.3, 0.4) is 0 Å². The molecule has 0 spiro atoms. The van der Waals surface area contributed by atoms with Gasteiger partial charge in [0.15, 0.2) is 11.6 Å². The molecule has 3 rings (SSSR count). The smallest absolute Gasteiger partial charge is 0.381 e. The number of rotatable bonds is 3. The summed E-state index contributed by atoms with van der Waals surface area (Å²) >= 11 is 0. The lowest BCUT2D eigenvalue weighted by molar-refractivity contribution is -0.141. The molecular weight excluding hydrogens is 384 g/mol. The molecule has 1 fully saturated rings. The summed E-state index contributed by atoms with van der Waals surface area (Å²) in [7, 11) is 0. The molecule has 28 heavy (non-hydrogen) atoms. The number of nitrogens with zero attached hydrogens (tertiary/aromatic N) is 3. The summed E-state index contributed by atoms with van der Waals surface area (Å²) in [5.74, 6) is -2.40. The third-order valence-electron chi connectivity index (χ3n) is 4.06. The van der Waals surface area contributed by atoms with Gasteiger partial charge in [0.2, 0.25) is 0 Å². The zero-order valence-electron chi connectivity index (χ0n) is 14.6. The number of hydrogen-bond acceptors (Lipinski definition) is 7. The molecule has 152 valence electrons. The van der Waals surface area contributed by atoms with Crippen molar-refractivity contribution in [3.8, 4) is 11.1 Å². The highest BCUT2D eigenvalue weighted by Gasteiger charge is 2.34. The molecule has 0 radical (unpaired) electrons. The predicted octanol–water partition coefficient (Wildman–Crippen LogP) is 1.98. The van der Waals surface area contributed by atoms with E-state index in [1.54, 1.807) is 4.90 Å². The molecule has 1 amide bonds. The molecular formula is C16H18F4N6O2. The summed E-state index contributed by atoms with van der Waals surface area (Å²) in [5.41, 5.74) is 8.87. The zero-order valence-corrected chi connectivity index (χ0v) is 14.6. The van der Waals surface area contributed by atoms with E-state index in [0.717, 1.165) is 6.07 Å². The first kappa shape index (κ1) is 21.3. The number of carbonyl (C=O) groups excluding carboxylic acids is 1. The lowest BCUT2D eigenvalue weighted by atomic mass is 10.0. The fraction of sp³-hybridized carbons (Fsp3) is 0.312. The summed E-state index contributed by atoms with van der Waals surface area (Å²) in [6, 6.07) is 1.71. The van der Waals surface area contributed by atoms with Gasteiger partial charge in [0.25, 0.3) is 5.91 Å². The number of aromatic nitrogens is 2. The summed E-state index contributed by atoms with van der Waals surface area (Å²) in [5, 5.41) is 0. The van der Waals surface area contributed by atoms with Crippen molar-refractivity contribution in [1.29, 1.82) is 0 Å². The highest BCUT2D eigenvalue weighted by molar-refractivity contribution is 6.00. The molecule has 0 aromatic carbocycles. The molecule has 2 aromatic heterocycles. The Balaban J connectivity index is 0.00000280. The predicted molar refractivity (Wildman–Crippen MR) is 93.4 cm³/mol. The van der Waals surface area contributed by atoms with Crippen LogP contribution >= 0.6 is 0 Å². The molecule has 1 saturated heterocycles. The van der Waals surface area contributed by atoms with Crippen molar-refractivity contribution in [2.75, 3.05) is 36.9 Å². The summed E-state index contributed by atoms with van der Waals surface area (Å²) < 4.78 is 58.8. The molecule has 12 heteroatoms. The van der Waals surface area contributed by atoms with Crippen molar-refractivity contribution in [3.63, 3.8) is 0 Å². The second-order valence-electron chi connectivity index (χ2n) is 5.77. The second kappa shape index (κ2) is 7.94. The van der Waals surface area contributed by atoms with Crippen molar-refractivity contribution in [3.05, 3.63) is 35.5 Å². The van der Waals surface area contributed by atoms with Crippen LogP contribution in [0.15, 0.2) is 18.3 Å². The van der Waals surface area contributed by atoms with Crippen LogP contribution in [0, 0.1) is 5.82 Å². The van der Waals surface area contributed by atoms with Crippen molar-refractivity contribution in [1.82, 2.24) is 16.1 Å². The molecule has 3 heterocycles. The van der Waals surface area contributed by atoms with Crippen molar-refractivity contribution >= 4 is 17.4 Å². The third-order valence-corrected chi connectivity index (χ3v) is 4.06. The lowest BCUT2D eigenvalue weighted by Crippen LogP contribution is -2.37. The molecule has 0 unspecified atom stereocenters. The van der Waals surface area contributed by atoms with E-state index in [-0.39, 0.29) is 28.8 Å². The van der Waals surface area contributed by atoms with Crippen LogP contribution in [0.25, 0.3) is 11.1 Å². The van der Waals surface area contributed by atoms with Gasteiger partial charge in [-0.05, 0) is 12.1 Å². The van der Waals surface area contributed by atoms with E-state index >= 15 is 0 Å². The Labute approximate surface area is 157 Å². The molecule has 1 aliphatic heterocycles. The van der Waals surface area contributed by atoms with Gasteiger partial charge in [0.05, 0.1) is 18.9 Å². The fourth-order valence-corrected chi connectivity index (χ4v) is 2.81. The minimum atomic E-state index is -4.76. The SMILES string of the molecule is N.NC(=O)c1nc(C(F)(F)F)ccc1-c1cnc(N)c(F)c1N1CCOCC1. The van der Waals surface area contributed by atoms with Crippen molar-refractivity contribution in [2.45, 2.75) is 6.18 Å². The van der Waals surface area contributed by atoms with Gasteiger partial charge in [-0.2, -0.15) is 13.2 Å². The highest BCUT2D eigenvalue weighted by atomic mass is 19.4. The van der Waals surface area contributed by atoms with E-state index < -0.39 is 29.3 Å². The Kier molecular flexibility index (Phi) is 6.04. The number of ether oxygens (including phenoxy) is 1. The van der Waals surface area contributed by atoms with Crippen LogP contribution in [-0.4, -0.2) is 42.2 Å². The average Bonchev–Trinajstić information content (AvgIpc) is 2.63. The third kappa shape index (κ3) is 3.97. The molecule has 0 aliphatic carbocycles. The number of morpholine rings is 1. The van der Waals surface area contributed by atoms with Crippen LogP contribution in [-0.2, 0) is 10.9 Å². The number of hydrogen-bond donors (Lipinski definition) is 3. The molecule has 2 aromatic rings. The standard InChI is InChI=1S/C16H15F4N5O2.H3N/c17-11-13(25-3-5-27-6-4-25)9(7-23-14(11)21)8-1-2-10(16(18,19)20)24-12(8)15(22)26;/h1-2,7H,3-6H2,(H2,21,23)(H2,22,26);1H3. The number of alkyl halides is 3. The molecule has 0 atom stereocenters. The average molecular weight is 402 g/mol. The zero-order chi connectivity index (χ0) is 19.8. The summed E-state index contributed by atoms with van der Waals surface area (Å²) in [6.07, 6.45) is -3.58. The number of primary amides is 1. The molecule has 7 N–H and O–H groups in total. The Morgan fingerprint density at radius 2 is 1.82 bits per heavy atom. The number of nitrogens with two attached hydrogens (primary N) is 2. The maximum absolute atomic E-state index is 14.7. The van der Waals surface area contributed by atoms with Crippen LogP contribution in [0.5, 0.6) is 0 Å². The normalized spacial score (nSPS) is 14.5. The first-order chi connectivity index (χ1) is 12.7. The van der Waals surface area contributed by atoms with E-state index in [1.165, 1.54) is 6.20 Å². The second-order valence-corrected chi connectivity index (χ2v) is 5.77. The number of pyridine rings is 2. The summed E-state index contributed by atoms with van der Waals surface area (Å²) in [4.78, 5) is 20.4. The molecule has 1 aliphatic rings. The Morgan fingerprint density at radius 1 is 1.18 bits per heavy atom. The Morgan fingerprint density at radius 3 is 2.39 bits per heavy atom. The highest BCUT2D eigenvalue weighted by Crippen LogP contribution is 2.38. The van der Waals surface area contributed by atoms with Gasteiger partial charge < -0.3 is 27.3 Å². The van der Waals surface area contributed by atoms with E-state index in [9.17, 15) is 22.4 Å². The largest absolute Gasteiger partial charge is 0.433 e. The summed E-state index contributed by atoms with van der Waals surface area (Å²) in [6.45, 7) is 1.31. The first-order valence-corrected chi connectivity index (χ1v) is 7.85. The molecule has 0 bridgehead atoms. The number of anilines is 2. The number of nitrogen functional groups attached to an aromatic ring is 1. The number of carbonyl (C=O) groups is 1. The van der Waals surface area contributed by atoms with Gasteiger partial charge in [0.1, 0.15) is 11.4 Å². The van der Waals surface area contributed by atoms with Gasteiger partial charge in [-0.1, -0.05) is 0 Å². The van der Waals surface area contributed by atoms with Crippen molar-refractivity contribution in [2.24, 2.45) is 5.73 Å². The topological polar surface area (TPSA) is 142 Å². The molecule has 8 nitrogen and oxygen atoms in total. The molecule has 0 saturated carbocycles. The van der Waals surface area contributed by atoms with Gasteiger partial charge in [-0.25, -0.2) is 14.4 Å². The fourth-order valence-electron chi connectivity index (χ4n) is 2.81. The van der Waals surface area contributed by atoms with Gasteiger partial charge in [-0.3, -0.25) is 4.79 Å². The minimum Gasteiger partial charge on any atom is -0.381 e. The van der Waals surface area contributed by atoms with Gasteiger partial charge >= 0.3 is 6.18 Å². The lowest BCUT2D eigenvalue weighted by Gasteiger charge is -2.31. The van der Waals surface area contributed by atoms with Crippen LogP contribution in [0.2, 0.25) is 0 Å². The number of amides is 1. The monoisotopic (exact) mass is 402 g/mol. The van der Waals surface area contributed by atoms with E-state index in [0.29, 0.717) is 32.4 Å². The first-order valence-electron chi connectivity index (χ1n) is 7.85. The quantitative estimate of drug-likeness (QED) is 0.666. The number of halogens is 4. The van der Waals surface area contributed by atoms with Crippen LogP contribution in [0.1, 0.15) is 16.2 Å². The van der Waals surface area contributed by atoms with Gasteiger partial charge in [0, 0.05) is 30.4 Å². The van der Waals surface area contributed by atoms with E-state index in [4.69, 9.17) is 16.2 Å². The maximum Gasteiger partial charge on any atom is 0.433 e. The van der Waals surface area contributed by atoms with E-state index in [1.807, 2.05) is 0 Å². The van der Waals surface area contributed by atoms with Crippen LogP contribution in [0.4, 0.5) is 29.1 Å². The van der Waals surface area contributed by atoms with Crippen molar-refractivity contribution < 1.29 is 27.1 Å². The van der Waals surface area contributed by atoms with Gasteiger partial charge in [-0.15, -0.1) is 0 Å². The Hall–Kier alpha value is -2.99. The Bertz CT molecular complexity index is 884. The van der Waals surface area contributed by atoms with Crippen LogP contribution < -0.4 is 22.5 Å². The maximum atomic E-state index is 14.7.